The topological polar surface area (TPSA) is 38.0 Å². The van der Waals surface area contributed by atoms with Crippen LogP contribution in [0.5, 0.6) is 0 Å². The van der Waals surface area contributed by atoms with Crippen molar-refractivity contribution in [2.45, 2.75) is 13.0 Å². The lowest BCUT2D eigenvalue weighted by Gasteiger charge is -2.20. The first-order chi connectivity index (χ1) is 9.47. The first-order valence-electron chi connectivity index (χ1n) is 5.82. The van der Waals surface area contributed by atoms with E-state index in [1.807, 2.05) is 0 Å². The number of nitrogens with two attached hydrogens (primary N) is 1. The number of rotatable bonds is 3. The molecule has 2 rings (SSSR count). The Morgan fingerprint density at radius 3 is 2.40 bits per heavy atom. The Balaban J connectivity index is 2.59. The molecule has 0 aliphatic rings. The van der Waals surface area contributed by atoms with Gasteiger partial charge in [-0.3, -0.25) is 5.84 Å². The number of hydrogen-bond acceptors (Lipinski definition) is 2. The van der Waals surface area contributed by atoms with Gasteiger partial charge in [0.1, 0.15) is 0 Å². The molecule has 0 spiro atoms. The summed E-state index contributed by atoms with van der Waals surface area (Å²) < 4.78 is 40.2. The van der Waals surface area contributed by atoms with Crippen molar-refractivity contribution in [3.05, 3.63) is 69.5 Å². The van der Waals surface area contributed by atoms with E-state index in [9.17, 15) is 13.2 Å². The summed E-state index contributed by atoms with van der Waals surface area (Å²) in [6.07, 6.45) is 0. The van der Waals surface area contributed by atoms with Crippen LogP contribution in [-0.4, -0.2) is 0 Å². The molecule has 0 aromatic heterocycles. The number of hydrazine groups is 1. The van der Waals surface area contributed by atoms with Crippen LogP contribution < -0.4 is 11.3 Å². The molecule has 0 aliphatic heterocycles. The fraction of sp³-hybridized carbons (Fsp3) is 0.143. The van der Waals surface area contributed by atoms with Crippen LogP contribution in [0.15, 0.2) is 30.3 Å². The molecular formula is C14H12ClF3N2. The summed E-state index contributed by atoms with van der Waals surface area (Å²) in [5.41, 5.74) is 3.59. The van der Waals surface area contributed by atoms with Crippen molar-refractivity contribution < 1.29 is 13.2 Å². The van der Waals surface area contributed by atoms with Crippen molar-refractivity contribution in [2.75, 3.05) is 0 Å². The molecule has 0 radical (unpaired) electrons. The highest BCUT2D eigenvalue weighted by molar-refractivity contribution is 6.31. The molecular weight excluding hydrogens is 289 g/mol. The molecule has 2 aromatic rings. The number of hydrogen-bond donors (Lipinski definition) is 2. The Kier molecular flexibility index (Phi) is 4.32. The second kappa shape index (κ2) is 5.83. The maximum absolute atomic E-state index is 13.9. The Hall–Kier alpha value is -1.56. The summed E-state index contributed by atoms with van der Waals surface area (Å²) >= 11 is 6.00. The van der Waals surface area contributed by atoms with E-state index in [0.29, 0.717) is 16.1 Å². The second-order valence-electron chi connectivity index (χ2n) is 4.32. The van der Waals surface area contributed by atoms with E-state index < -0.39 is 23.5 Å². The van der Waals surface area contributed by atoms with E-state index in [2.05, 4.69) is 5.43 Å². The highest BCUT2D eigenvalue weighted by Gasteiger charge is 2.23. The van der Waals surface area contributed by atoms with E-state index in [0.717, 1.165) is 12.1 Å². The molecule has 0 aliphatic carbocycles. The van der Waals surface area contributed by atoms with Crippen molar-refractivity contribution in [1.82, 2.24) is 5.43 Å². The predicted octanol–water partition coefficient (Wildman–Crippen LogP) is 3.62. The van der Waals surface area contributed by atoms with Gasteiger partial charge >= 0.3 is 0 Å². The fourth-order valence-electron chi connectivity index (χ4n) is 2.05. The summed E-state index contributed by atoms with van der Waals surface area (Å²) in [5.74, 6) is 1.39. The van der Waals surface area contributed by atoms with E-state index in [1.165, 1.54) is 0 Å². The quantitative estimate of drug-likeness (QED) is 0.516. The van der Waals surface area contributed by atoms with Crippen LogP contribution in [0.4, 0.5) is 13.2 Å². The number of halogens is 4. The van der Waals surface area contributed by atoms with Gasteiger partial charge in [0, 0.05) is 10.6 Å². The monoisotopic (exact) mass is 300 g/mol. The van der Waals surface area contributed by atoms with E-state index in [1.54, 1.807) is 25.1 Å². The van der Waals surface area contributed by atoms with Crippen molar-refractivity contribution in [3.8, 4) is 0 Å². The summed E-state index contributed by atoms with van der Waals surface area (Å²) in [6, 6.07) is 6.22. The minimum Gasteiger partial charge on any atom is -0.271 e. The molecule has 2 aromatic carbocycles. The smallest absolute Gasteiger partial charge is 0.194 e. The zero-order valence-corrected chi connectivity index (χ0v) is 11.3. The van der Waals surface area contributed by atoms with Gasteiger partial charge < -0.3 is 0 Å². The zero-order chi connectivity index (χ0) is 14.9. The molecule has 6 heteroatoms. The molecule has 20 heavy (non-hydrogen) atoms. The summed E-state index contributed by atoms with van der Waals surface area (Å²) in [7, 11) is 0. The van der Waals surface area contributed by atoms with Crippen LogP contribution in [0.1, 0.15) is 22.7 Å². The van der Waals surface area contributed by atoms with Gasteiger partial charge in [0.2, 0.25) is 0 Å². The Morgan fingerprint density at radius 1 is 1.05 bits per heavy atom. The zero-order valence-electron chi connectivity index (χ0n) is 10.6. The Morgan fingerprint density at radius 2 is 1.75 bits per heavy atom. The predicted molar refractivity (Wildman–Crippen MR) is 71.7 cm³/mol. The molecule has 3 N–H and O–H groups in total. The maximum atomic E-state index is 13.9. The average Bonchev–Trinajstić information content (AvgIpc) is 2.44. The van der Waals surface area contributed by atoms with Gasteiger partial charge in [-0.15, -0.1) is 0 Å². The van der Waals surface area contributed by atoms with E-state index in [4.69, 9.17) is 17.4 Å². The fourth-order valence-corrected chi connectivity index (χ4v) is 2.23. The van der Waals surface area contributed by atoms with Gasteiger partial charge in [-0.05, 0) is 30.2 Å². The number of nitrogens with one attached hydrogen (secondary N) is 1. The summed E-state index contributed by atoms with van der Waals surface area (Å²) in [5, 5.41) is 0.478. The van der Waals surface area contributed by atoms with Gasteiger partial charge in [-0.1, -0.05) is 29.8 Å². The molecule has 106 valence electrons. The molecule has 0 amide bonds. The van der Waals surface area contributed by atoms with Crippen LogP contribution in [-0.2, 0) is 0 Å². The first-order valence-corrected chi connectivity index (χ1v) is 6.19. The minimum atomic E-state index is -1.53. The van der Waals surface area contributed by atoms with Gasteiger partial charge in [-0.25, -0.2) is 18.6 Å². The maximum Gasteiger partial charge on any atom is 0.194 e. The molecule has 0 fully saturated rings. The van der Waals surface area contributed by atoms with Crippen LogP contribution in [0.25, 0.3) is 0 Å². The van der Waals surface area contributed by atoms with Crippen molar-refractivity contribution in [3.63, 3.8) is 0 Å². The van der Waals surface area contributed by atoms with Gasteiger partial charge in [0.05, 0.1) is 6.04 Å². The van der Waals surface area contributed by atoms with Crippen LogP contribution in [0.2, 0.25) is 5.02 Å². The molecule has 2 nitrogen and oxygen atoms in total. The molecule has 0 saturated carbocycles. The Labute approximate surface area is 119 Å². The molecule has 0 saturated heterocycles. The summed E-state index contributed by atoms with van der Waals surface area (Å²) in [4.78, 5) is 0. The third-order valence-electron chi connectivity index (χ3n) is 3.16. The third kappa shape index (κ3) is 2.52. The highest BCUT2D eigenvalue weighted by atomic mass is 35.5. The van der Waals surface area contributed by atoms with Crippen LogP contribution in [0.3, 0.4) is 0 Å². The van der Waals surface area contributed by atoms with Gasteiger partial charge in [0.15, 0.2) is 17.5 Å². The SMILES string of the molecule is Cc1c(Cl)cccc1C(NN)c1ccc(F)c(F)c1F. The van der Waals surface area contributed by atoms with Crippen molar-refractivity contribution in [1.29, 1.82) is 0 Å². The standard InChI is InChI=1S/C14H12ClF3N2/c1-7-8(3-2-4-10(7)15)14(20-19)9-5-6-11(16)13(18)12(9)17/h2-6,14,20H,19H2,1H3. The average molecular weight is 301 g/mol. The van der Waals surface area contributed by atoms with Crippen molar-refractivity contribution >= 4 is 11.6 Å². The Bertz CT molecular complexity index is 647. The number of benzene rings is 2. The largest absolute Gasteiger partial charge is 0.271 e. The van der Waals surface area contributed by atoms with Crippen LogP contribution >= 0.6 is 11.6 Å². The first kappa shape index (κ1) is 14.8. The van der Waals surface area contributed by atoms with Gasteiger partial charge in [-0.2, -0.15) is 0 Å². The third-order valence-corrected chi connectivity index (χ3v) is 3.57. The normalized spacial score (nSPS) is 12.5. The molecule has 0 heterocycles. The van der Waals surface area contributed by atoms with E-state index >= 15 is 0 Å². The second-order valence-corrected chi connectivity index (χ2v) is 4.73. The minimum absolute atomic E-state index is 0.0863. The molecule has 0 bridgehead atoms. The molecule has 1 atom stereocenters. The van der Waals surface area contributed by atoms with E-state index in [-0.39, 0.29) is 5.56 Å². The summed E-state index contributed by atoms with van der Waals surface area (Å²) in [6.45, 7) is 1.74. The molecule has 1 unspecified atom stereocenters. The van der Waals surface area contributed by atoms with Gasteiger partial charge in [0.25, 0.3) is 0 Å². The van der Waals surface area contributed by atoms with Crippen LogP contribution in [0, 0.1) is 24.4 Å². The lowest BCUT2D eigenvalue weighted by molar-refractivity contribution is 0.433. The highest BCUT2D eigenvalue weighted by Crippen LogP contribution is 2.30. The van der Waals surface area contributed by atoms with Crippen molar-refractivity contribution in [2.24, 2.45) is 5.84 Å². The lowest BCUT2D eigenvalue weighted by atomic mass is 9.95. The lowest BCUT2D eigenvalue weighted by Crippen LogP contribution is -2.30.